The van der Waals surface area contributed by atoms with Gasteiger partial charge in [-0.15, -0.1) is 0 Å². The lowest BCUT2D eigenvalue weighted by molar-refractivity contribution is -0.0979. The molecule has 1 aliphatic rings. The summed E-state index contributed by atoms with van der Waals surface area (Å²) in [7, 11) is 1.97. The summed E-state index contributed by atoms with van der Waals surface area (Å²) in [6.45, 7) is 6.75. The Kier molecular flexibility index (Phi) is 8.38. The van der Waals surface area contributed by atoms with Gasteiger partial charge in [-0.3, -0.25) is 4.98 Å². The number of allylic oxidation sites excluding steroid dienone is 3. The van der Waals surface area contributed by atoms with Gasteiger partial charge in [-0.05, 0) is 59.9 Å². The number of carbonyl (C=O) groups is 1. The van der Waals surface area contributed by atoms with Crippen LogP contribution in [0.2, 0.25) is 0 Å². The highest BCUT2D eigenvalue weighted by atomic mass is 16.4. The zero-order valence-corrected chi connectivity index (χ0v) is 21.4. The van der Waals surface area contributed by atoms with E-state index in [4.69, 9.17) is 19.2 Å². The predicted octanol–water partition coefficient (Wildman–Crippen LogP) is 6.29. The molecule has 0 saturated carbocycles. The number of carbonyl (C=O) groups excluding carboxylic acids is 1. The normalized spacial score (nSPS) is 12.3. The van der Waals surface area contributed by atoms with Crippen molar-refractivity contribution in [3.8, 4) is 22.3 Å². The molecule has 1 aliphatic carbocycles. The number of anilines is 1. The van der Waals surface area contributed by atoms with Crippen molar-refractivity contribution in [2.75, 3.05) is 12.5 Å². The van der Waals surface area contributed by atoms with Gasteiger partial charge in [0.05, 0.1) is 6.54 Å². The highest BCUT2D eigenvalue weighted by Crippen LogP contribution is 2.36. The van der Waals surface area contributed by atoms with E-state index in [-0.39, 0.29) is 0 Å². The number of hydrogen-bond acceptors (Lipinski definition) is 7. The highest BCUT2D eigenvalue weighted by molar-refractivity contribution is 5.90. The standard InChI is InChI=1S/C29H29N5O.CH2O/c1-4-21-6-5-7-26-25(18-21)32-27(35-26)19-34(3)33-29-28(23-12-15-30-16-13-23)24(14-17-31-29)22-10-8-20(2)9-11-22;1-2/h5-6,8-18H,4,7,19H2,1-3H3,(H,31,33);1H2. The van der Waals surface area contributed by atoms with Crippen LogP contribution in [0.3, 0.4) is 0 Å². The van der Waals surface area contributed by atoms with E-state index < -0.39 is 0 Å². The summed E-state index contributed by atoms with van der Waals surface area (Å²) < 4.78 is 6.09. The number of nitrogens with zero attached hydrogens (tertiary/aromatic N) is 4. The molecule has 0 bridgehead atoms. The molecular weight excluding hydrogens is 462 g/mol. The van der Waals surface area contributed by atoms with Crippen LogP contribution in [0.5, 0.6) is 0 Å². The molecule has 0 radical (unpaired) electrons. The van der Waals surface area contributed by atoms with E-state index >= 15 is 0 Å². The molecule has 4 aromatic rings. The number of pyridine rings is 2. The second-order valence-corrected chi connectivity index (χ2v) is 8.75. The van der Waals surface area contributed by atoms with Crippen molar-refractivity contribution in [2.24, 2.45) is 0 Å². The topological polar surface area (TPSA) is 84.2 Å². The fourth-order valence-electron chi connectivity index (χ4n) is 4.26. The molecule has 0 spiro atoms. The number of benzene rings is 1. The Hall–Kier alpha value is -4.36. The first-order valence-electron chi connectivity index (χ1n) is 12.2. The summed E-state index contributed by atoms with van der Waals surface area (Å²) >= 11 is 0. The van der Waals surface area contributed by atoms with Gasteiger partial charge in [0.1, 0.15) is 24.1 Å². The number of rotatable bonds is 7. The van der Waals surface area contributed by atoms with E-state index in [1.165, 1.54) is 11.1 Å². The summed E-state index contributed by atoms with van der Waals surface area (Å²) in [5, 5.41) is 1.96. The van der Waals surface area contributed by atoms with Crippen molar-refractivity contribution in [3.63, 3.8) is 0 Å². The maximum absolute atomic E-state index is 8.00. The van der Waals surface area contributed by atoms with Crippen molar-refractivity contribution in [1.82, 2.24) is 20.0 Å². The summed E-state index contributed by atoms with van der Waals surface area (Å²) in [6.07, 6.45) is 13.6. The summed E-state index contributed by atoms with van der Waals surface area (Å²) in [5.41, 5.74) is 11.2. The third-order valence-corrected chi connectivity index (χ3v) is 6.09. The molecule has 3 heterocycles. The molecule has 3 aromatic heterocycles. The van der Waals surface area contributed by atoms with Crippen LogP contribution in [0.15, 0.2) is 83.2 Å². The first-order valence-corrected chi connectivity index (χ1v) is 12.2. The third-order valence-electron chi connectivity index (χ3n) is 6.09. The van der Waals surface area contributed by atoms with Gasteiger partial charge in [0, 0.05) is 37.6 Å². The minimum Gasteiger partial charge on any atom is -0.443 e. The van der Waals surface area contributed by atoms with Crippen LogP contribution in [-0.2, 0) is 17.8 Å². The van der Waals surface area contributed by atoms with Gasteiger partial charge in [0.2, 0.25) is 5.89 Å². The average molecular weight is 494 g/mol. The maximum atomic E-state index is 8.00. The van der Waals surface area contributed by atoms with Crippen molar-refractivity contribution >= 4 is 18.7 Å². The molecule has 188 valence electrons. The van der Waals surface area contributed by atoms with Crippen molar-refractivity contribution in [3.05, 3.63) is 102 Å². The van der Waals surface area contributed by atoms with Crippen molar-refractivity contribution in [2.45, 2.75) is 33.2 Å². The lowest BCUT2D eigenvalue weighted by atomic mass is 9.95. The SMILES string of the molecule is C=O.CCC1=Cc2nc(CN(C)Nc3nccc(-c4ccc(C)cc4)c3-c3ccncc3)oc2CC=C1. The predicted molar refractivity (Wildman–Crippen MR) is 147 cm³/mol. The second-order valence-electron chi connectivity index (χ2n) is 8.75. The Labute approximate surface area is 217 Å². The Morgan fingerprint density at radius 3 is 2.51 bits per heavy atom. The largest absolute Gasteiger partial charge is 0.443 e. The lowest BCUT2D eigenvalue weighted by Crippen LogP contribution is -2.26. The van der Waals surface area contributed by atoms with E-state index in [1.54, 1.807) is 12.4 Å². The quantitative estimate of drug-likeness (QED) is 0.303. The Bertz CT molecular complexity index is 1390. The number of aryl methyl sites for hydroxylation is 1. The van der Waals surface area contributed by atoms with Crippen LogP contribution in [-0.4, -0.2) is 33.8 Å². The van der Waals surface area contributed by atoms with Crippen LogP contribution >= 0.6 is 0 Å². The number of fused-ring (bicyclic) bond motifs is 1. The van der Waals surface area contributed by atoms with Gasteiger partial charge in [-0.25, -0.2) is 15.0 Å². The molecule has 37 heavy (non-hydrogen) atoms. The molecule has 0 unspecified atom stereocenters. The van der Waals surface area contributed by atoms with Crippen LogP contribution in [0.4, 0.5) is 5.82 Å². The Morgan fingerprint density at radius 2 is 1.78 bits per heavy atom. The summed E-state index contributed by atoms with van der Waals surface area (Å²) in [4.78, 5) is 21.6. The number of oxazole rings is 1. The molecular formula is C30H31N5O2. The maximum Gasteiger partial charge on any atom is 0.211 e. The minimum absolute atomic E-state index is 0.498. The van der Waals surface area contributed by atoms with Gasteiger partial charge < -0.3 is 14.6 Å². The van der Waals surface area contributed by atoms with E-state index in [9.17, 15) is 0 Å². The molecule has 0 amide bonds. The van der Waals surface area contributed by atoms with Crippen LogP contribution in [0.1, 0.15) is 36.3 Å². The summed E-state index contributed by atoms with van der Waals surface area (Å²) in [5.74, 6) is 2.35. The van der Waals surface area contributed by atoms with Crippen LogP contribution in [0.25, 0.3) is 28.3 Å². The molecule has 0 atom stereocenters. The molecule has 0 fully saturated rings. The fourth-order valence-corrected chi connectivity index (χ4v) is 4.26. The van der Waals surface area contributed by atoms with E-state index in [1.807, 2.05) is 37.2 Å². The van der Waals surface area contributed by atoms with Crippen LogP contribution in [0, 0.1) is 6.92 Å². The number of hydrogen-bond donors (Lipinski definition) is 1. The lowest BCUT2D eigenvalue weighted by Gasteiger charge is -2.21. The first kappa shape index (κ1) is 25.7. The van der Waals surface area contributed by atoms with Gasteiger partial charge in [0.25, 0.3) is 0 Å². The van der Waals surface area contributed by atoms with Crippen molar-refractivity contribution < 1.29 is 9.21 Å². The van der Waals surface area contributed by atoms with Gasteiger partial charge in [-0.1, -0.05) is 48.9 Å². The third kappa shape index (κ3) is 6.08. The number of hydrazine groups is 1. The fraction of sp³-hybridized carbons (Fsp3) is 0.200. The Balaban J connectivity index is 0.00000156. The smallest absolute Gasteiger partial charge is 0.211 e. The second kappa shape index (κ2) is 12.1. The molecule has 5 rings (SSSR count). The van der Waals surface area contributed by atoms with E-state index in [0.717, 1.165) is 52.4 Å². The molecule has 0 saturated heterocycles. The molecule has 7 heteroatoms. The zero-order chi connectivity index (χ0) is 26.2. The number of aromatic nitrogens is 3. The summed E-state index contributed by atoms with van der Waals surface area (Å²) in [6, 6.07) is 14.6. The van der Waals surface area contributed by atoms with Gasteiger partial charge in [-0.2, -0.15) is 0 Å². The van der Waals surface area contributed by atoms with E-state index in [0.29, 0.717) is 12.4 Å². The number of nitrogens with one attached hydrogen (secondary N) is 1. The highest BCUT2D eigenvalue weighted by Gasteiger charge is 2.18. The molecule has 7 nitrogen and oxygen atoms in total. The first-order chi connectivity index (χ1) is 18.1. The molecule has 1 aromatic carbocycles. The van der Waals surface area contributed by atoms with Gasteiger partial charge >= 0.3 is 0 Å². The van der Waals surface area contributed by atoms with E-state index in [2.05, 4.69) is 72.8 Å². The Morgan fingerprint density at radius 1 is 1.03 bits per heavy atom. The van der Waals surface area contributed by atoms with Crippen molar-refractivity contribution in [1.29, 1.82) is 0 Å². The zero-order valence-electron chi connectivity index (χ0n) is 21.4. The minimum atomic E-state index is 0.498. The molecule has 1 N–H and O–H groups in total. The monoisotopic (exact) mass is 493 g/mol. The molecule has 0 aliphatic heterocycles. The van der Waals surface area contributed by atoms with Gasteiger partial charge in [0.15, 0.2) is 0 Å². The van der Waals surface area contributed by atoms with Crippen LogP contribution < -0.4 is 5.43 Å². The average Bonchev–Trinajstić information content (AvgIpc) is 3.19.